The number of ether oxygens (including phenoxy) is 1. The number of barbiturate groups is 1. The first kappa shape index (κ1) is 20.5. The van der Waals surface area contributed by atoms with Crippen molar-refractivity contribution in [3.05, 3.63) is 82.1 Å². The number of hydrogen-bond acceptors (Lipinski definition) is 4. The molecule has 0 spiro atoms. The first-order chi connectivity index (χ1) is 13.9. The van der Waals surface area contributed by atoms with Crippen LogP contribution < -0.4 is 10.1 Å². The van der Waals surface area contributed by atoms with Crippen LogP contribution in [0.2, 0.25) is 0 Å². The van der Waals surface area contributed by atoms with Gasteiger partial charge in [0, 0.05) is 16.6 Å². The molecule has 1 heterocycles. The lowest BCUT2D eigenvalue weighted by molar-refractivity contribution is -0.129. The number of imide groups is 2. The summed E-state index contributed by atoms with van der Waals surface area (Å²) < 4.78 is 19.6. The molecule has 1 fully saturated rings. The Hall–Kier alpha value is -3.26. The molecule has 0 unspecified atom stereocenters. The molecule has 1 saturated heterocycles. The molecule has 0 bridgehead atoms. The first-order valence-corrected chi connectivity index (χ1v) is 9.35. The van der Waals surface area contributed by atoms with Crippen molar-refractivity contribution in [1.29, 1.82) is 0 Å². The van der Waals surface area contributed by atoms with Crippen molar-refractivity contribution in [1.82, 2.24) is 10.2 Å². The minimum absolute atomic E-state index is 0.0261. The first-order valence-electron chi connectivity index (χ1n) is 8.55. The third-order valence-electron chi connectivity index (χ3n) is 4.08. The highest BCUT2D eigenvalue weighted by Crippen LogP contribution is 2.27. The monoisotopic (exact) mass is 458 g/mol. The van der Waals surface area contributed by atoms with E-state index in [4.69, 9.17) is 4.74 Å². The number of carbonyl (C=O) groups excluding carboxylic acids is 3. The molecule has 0 aliphatic carbocycles. The van der Waals surface area contributed by atoms with Gasteiger partial charge in [0.2, 0.25) is 0 Å². The van der Waals surface area contributed by atoms with Crippen LogP contribution in [0.15, 0.2) is 65.2 Å². The predicted octanol–water partition coefficient (Wildman–Crippen LogP) is 3.82. The number of hydrogen-bond donors (Lipinski definition) is 1. The maximum Gasteiger partial charge on any atom is 0.331 e. The maximum atomic E-state index is 13.0. The maximum absolute atomic E-state index is 13.0. The fourth-order valence-corrected chi connectivity index (χ4v) is 3.03. The summed E-state index contributed by atoms with van der Waals surface area (Å²) in [6.45, 7) is 3.65. The topological polar surface area (TPSA) is 75.7 Å². The minimum atomic E-state index is -0.793. The molecule has 0 saturated carbocycles. The summed E-state index contributed by atoms with van der Waals surface area (Å²) in [4.78, 5) is 37.5. The highest BCUT2D eigenvalue weighted by molar-refractivity contribution is 9.10. The quantitative estimate of drug-likeness (QED) is 0.405. The summed E-state index contributed by atoms with van der Waals surface area (Å²) in [5, 5.41) is 2.14. The fourth-order valence-electron chi connectivity index (χ4n) is 2.65. The molecule has 1 aliphatic rings. The van der Waals surface area contributed by atoms with Crippen LogP contribution in [0.25, 0.3) is 6.08 Å². The number of halogens is 2. The summed E-state index contributed by atoms with van der Waals surface area (Å²) in [5.74, 6) is -1.44. The van der Waals surface area contributed by atoms with Gasteiger partial charge in [-0.2, -0.15) is 0 Å². The second kappa shape index (κ2) is 8.83. The van der Waals surface area contributed by atoms with E-state index in [-0.39, 0.29) is 24.5 Å². The Kier molecular flexibility index (Phi) is 6.23. The molecule has 148 valence electrons. The highest BCUT2D eigenvalue weighted by Gasteiger charge is 2.35. The molecule has 0 radical (unpaired) electrons. The fraction of sp³-hybridized carbons (Fsp3) is 0.0952. The van der Waals surface area contributed by atoms with Crippen LogP contribution in [0.1, 0.15) is 11.1 Å². The molecule has 0 atom stereocenters. The summed E-state index contributed by atoms with van der Waals surface area (Å²) in [6, 6.07) is 10.2. The molecule has 0 aromatic heterocycles. The Morgan fingerprint density at radius 3 is 2.55 bits per heavy atom. The third kappa shape index (κ3) is 4.78. The Balaban J connectivity index is 1.90. The molecular formula is C21H16BrFN2O4. The molecule has 2 aromatic carbocycles. The number of nitrogens with zero attached hydrogens (tertiary/aromatic N) is 1. The van der Waals surface area contributed by atoms with Crippen molar-refractivity contribution in [2.75, 3.05) is 6.54 Å². The Bertz CT molecular complexity index is 1020. The molecule has 8 heteroatoms. The molecule has 29 heavy (non-hydrogen) atoms. The van der Waals surface area contributed by atoms with Gasteiger partial charge in [-0.1, -0.05) is 34.1 Å². The third-order valence-corrected chi connectivity index (χ3v) is 4.57. The van der Waals surface area contributed by atoms with E-state index < -0.39 is 17.8 Å². The van der Waals surface area contributed by atoms with Crippen LogP contribution in [-0.2, 0) is 16.2 Å². The van der Waals surface area contributed by atoms with Gasteiger partial charge in [-0.25, -0.2) is 9.18 Å². The van der Waals surface area contributed by atoms with Crippen molar-refractivity contribution in [3.63, 3.8) is 0 Å². The average Bonchev–Trinajstić information content (AvgIpc) is 2.69. The van der Waals surface area contributed by atoms with Gasteiger partial charge >= 0.3 is 6.03 Å². The van der Waals surface area contributed by atoms with Crippen molar-refractivity contribution < 1.29 is 23.5 Å². The number of rotatable bonds is 6. The molecule has 1 N–H and O–H groups in total. The van der Waals surface area contributed by atoms with Gasteiger partial charge in [0.1, 0.15) is 23.7 Å². The normalized spacial score (nSPS) is 15.4. The zero-order valence-electron chi connectivity index (χ0n) is 15.2. The average molecular weight is 459 g/mol. The van der Waals surface area contributed by atoms with E-state index in [0.29, 0.717) is 15.8 Å². The Morgan fingerprint density at radius 1 is 1.14 bits per heavy atom. The van der Waals surface area contributed by atoms with Crippen LogP contribution in [0.5, 0.6) is 5.75 Å². The standard InChI is InChI=1S/C21H16BrFN2O4/c1-2-9-25-20(27)17(19(26)24-21(25)28)11-14-10-15(22)5-8-18(14)29-12-13-3-6-16(23)7-4-13/h2-8,10-11H,1,9,12H2,(H,24,26,28). The molecule has 1 aliphatic heterocycles. The van der Waals surface area contributed by atoms with Crippen molar-refractivity contribution >= 4 is 39.9 Å². The van der Waals surface area contributed by atoms with Gasteiger partial charge in [-0.15, -0.1) is 6.58 Å². The van der Waals surface area contributed by atoms with Gasteiger partial charge in [-0.3, -0.25) is 19.8 Å². The second-order valence-corrected chi connectivity index (χ2v) is 7.03. The Labute approximate surface area is 174 Å². The lowest BCUT2D eigenvalue weighted by atomic mass is 10.1. The number of benzene rings is 2. The minimum Gasteiger partial charge on any atom is -0.488 e. The molecular weight excluding hydrogens is 443 g/mol. The van der Waals surface area contributed by atoms with E-state index in [2.05, 4.69) is 27.8 Å². The van der Waals surface area contributed by atoms with E-state index in [1.54, 1.807) is 30.3 Å². The lowest BCUT2D eigenvalue weighted by Gasteiger charge is -2.25. The predicted molar refractivity (Wildman–Crippen MR) is 108 cm³/mol. The lowest BCUT2D eigenvalue weighted by Crippen LogP contribution is -2.54. The van der Waals surface area contributed by atoms with E-state index in [1.165, 1.54) is 24.3 Å². The highest BCUT2D eigenvalue weighted by atomic mass is 79.9. The van der Waals surface area contributed by atoms with Gasteiger partial charge in [0.25, 0.3) is 11.8 Å². The number of urea groups is 1. The van der Waals surface area contributed by atoms with Crippen LogP contribution in [0, 0.1) is 5.82 Å². The number of carbonyl (C=O) groups is 3. The van der Waals surface area contributed by atoms with Crippen LogP contribution in [0.4, 0.5) is 9.18 Å². The SMILES string of the molecule is C=CCN1C(=O)NC(=O)C(=Cc2cc(Br)ccc2OCc2ccc(F)cc2)C1=O. The molecule has 2 aromatic rings. The zero-order chi connectivity index (χ0) is 21.0. The molecule has 6 nitrogen and oxygen atoms in total. The van der Waals surface area contributed by atoms with Crippen molar-refractivity contribution in [2.24, 2.45) is 0 Å². The summed E-state index contributed by atoms with van der Waals surface area (Å²) in [6.07, 6.45) is 2.76. The van der Waals surface area contributed by atoms with Crippen LogP contribution in [-0.4, -0.2) is 29.3 Å². The van der Waals surface area contributed by atoms with Crippen molar-refractivity contribution in [3.8, 4) is 5.75 Å². The van der Waals surface area contributed by atoms with E-state index >= 15 is 0 Å². The van der Waals surface area contributed by atoms with Gasteiger partial charge in [0.15, 0.2) is 0 Å². The largest absolute Gasteiger partial charge is 0.488 e. The number of nitrogens with one attached hydrogen (secondary N) is 1. The Morgan fingerprint density at radius 2 is 1.86 bits per heavy atom. The van der Waals surface area contributed by atoms with Gasteiger partial charge in [0.05, 0.1) is 0 Å². The smallest absolute Gasteiger partial charge is 0.331 e. The summed E-state index contributed by atoms with van der Waals surface area (Å²) in [7, 11) is 0. The number of amides is 4. The van der Waals surface area contributed by atoms with E-state index in [9.17, 15) is 18.8 Å². The van der Waals surface area contributed by atoms with E-state index in [0.717, 1.165) is 10.5 Å². The second-order valence-electron chi connectivity index (χ2n) is 6.12. The van der Waals surface area contributed by atoms with Crippen molar-refractivity contribution in [2.45, 2.75) is 6.61 Å². The molecule has 3 rings (SSSR count). The summed E-state index contributed by atoms with van der Waals surface area (Å²) in [5.41, 5.74) is 1.02. The van der Waals surface area contributed by atoms with Gasteiger partial charge in [-0.05, 0) is 42.0 Å². The van der Waals surface area contributed by atoms with Crippen LogP contribution >= 0.6 is 15.9 Å². The molecule has 4 amide bonds. The zero-order valence-corrected chi connectivity index (χ0v) is 16.7. The summed E-state index contributed by atoms with van der Waals surface area (Å²) >= 11 is 3.35. The van der Waals surface area contributed by atoms with Gasteiger partial charge < -0.3 is 4.74 Å². The van der Waals surface area contributed by atoms with E-state index in [1.807, 2.05) is 0 Å². The van der Waals surface area contributed by atoms with Crippen LogP contribution in [0.3, 0.4) is 0 Å².